The molecule has 94 valence electrons. The highest BCUT2D eigenvalue weighted by Crippen LogP contribution is 2.25. The summed E-state index contributed by atoms with van der Waals surface area (Å²) < 4.78 is 0. The fourth-order valence-electron chi connectivity index (χ4n) is 2.73. The summed E-state index contributed by atoms with van der Waals surface area (Å²) in [5.41, 5.74) is 8.11. The first kappa shape index (κ1) is 12.2. The molecule has 0 amide bonds. The van der Waals surface area contributed by atoms with E-state index in [1.807, 2.05) is 12.1 Å². The van der Waals surface area contributed by atoms with Gasteiger partial charge in [-0.1, -0.05) is 12.1 Å². The van der Waals surface area contributed by atoms with E-state index in [4.69, 9.17) is 5.73 Å². The number of nitrogens with zero attached hydrogens (tertiary/aromatic N) is 2. The Bertz CT molecular complexity index is 375. The van der Waals surface area contributed by atoms with Gasteiger partial charge >= 0.3 is 0 Å². The molecular weight excluding hydrogens is 210 g/mol. The van der Waals surface area contributed by atoms with Crippen LogP contribution in [0.5, 0.6) is 0 Å². The normalized spacial score (nSPS) is 22.1. The third-order valence-corrected chi connectivity index (χ3v) is 3.62. The number of hydrogen-bond acceptors (Lipinski definition) is 3. The largest absolute Gasteiger partial charge is 0.397 e. The molecular formula is C14H23N3. The Labute approximate surface area is 104 Å². The first-order valence-electron chi connectivity index (χ1n) is 6.45. The number of nitrogens with two attached hydrogens (primary N) is 1. The molecule has 0 aromatic heterocycles. The van der Waals surface area contributed by atoms with Crippen molar-refractivity contribution in [2.75, 3.05) is 30.3 Å². The summed E-state index contributed by atoms with van der Waals surface area (Å²) in [6, 6.07) is 9.36. The fourth-order valence-corrected chi connectivity index (χ4v) is 2.73. The highest BCUT2D eigenvalue weighted by Gasteiger charge is 2.25. The van der Waals surface area contributed by atoms with Gasteiger partial charge in [0.1, 0.15) is 0 Å². The monoisotopic (exact) mass is 233 g/mol. The molecule has 0 spiro atoms. The molecule has 0 radical (unpaired) electrons. The smallest absolute Gasteiger partial charge is 0.0600 e. The van der Waals surface area contributed by atoms with Crippen LogP contribution in [0.25, 0.3) is 0 Å². The molecule has 1 fully saturated rings. The molecule has 1 aromatic rings. The third kappa shape index (κ3) is 2.55. The molecule has 3 heteroatoms. The molecule has 2 rings (SSSR count). The van der Waals surface area contributed by atoms with Gasteiger partial charge in [-0.15, -0.1) is 0 Å². The molecule has 2 N–H and O–H groups in total. The SMILES string of the molecule is CC(C)N1CCN(c2ccccc2N)CC1C. The summed E-state index contributed by atoms with van der Waals surface area (Å²) in [5, 5.41) is 0. The van der Waals surface area contributed by atoms with E-state index < -0.39 is 0 Å². The van der Waals surface area contributed by atoms with E-state index in [1.165, 1.54) is 5.69 Å². The van der Waals surface area contributed by atoms with Gasteiger partial charge in [0.25, 0.3) is 0 Å². The van der Waals surface area contributed by atoms with Gasteiger partial charge in [-0.3, -0.25) is 4.90 Å². The van der Waals surface area contributed by atoms with Crippen molar-refractivity contribution in [3.8, 4) is 0 Å². The number of rotatable bonds is 2. The molecule has 1 saturated heterocycles. The second-order valence-corrected chi connectivity index (χ2v) is 5.19. The summed E-state index contributed by atoms with van der Waals surface area (Å²) in [5.74, 6) is 0. The van der Waals surface area contributed by atoms with Crippen LogP contribution in [0.1, 0.15) is 20.8 Å². The highest BCUT2D eigenvalue weighted by molar-refractivity contribution is 5.67. The molecule has 17 heavy (non-hydrogen) atoms. The van der Waals surface area contributed by atoms with Crippen LogP contribution in [0.2, 0.25) is 0 Å². The maximum absolute atomic E-state index is 6.04. The van der Waals surface area contributed by atoms with Gasteiger partial charge in [0.05, 0.1) is 11.4 Å². The van der Waals surface area contributed by atoms with Gasteiger partial charge in [-0.2, -0.15) is 0 Å². The summed E-state index contributed by atoms with van der Waals surface area (Å²) in [4.78, 5) is 4.95. The topological polar surface area (TPSA) is 32.5 Å². The van der Waals surface area contributed by atoms with E-state index in [-0.39, 0.29) is 0 Å². The molecule has 3 nitrogen and oxygen atoms in total. The van der Waals surface area contributed by atoms with Crippen LogP contribution in [0.4, 0.5) is 11.4 Å². The Morgan fingerprint density at radius 1 is 1.24 bits per heavy atom. The summed E-state index contributed by atoms with van der Waals surface area (Å²) in [6.45, 7) is 10.1. The number of para-hydroxylation sites is 2. The first-order chi connectivity index (χ1) is 8.09. The Balaban J connectivity index is 2.10. The standard InChI is InChI=1S/C14H23N3/c1-11(2)17-9-8-16(10-12(17)3)14-7-5-4-6-13(14)15/h4-7,11-12H,8-10,15H2,1-3H3. The predicted molar refractivity (Wildman–Crippen MR) is 74.4 cm³/mol. The second-order valence-electron chi connectivity index (χ2n) is 5.19. The van der Waals surface area contributed by atoms with Crippen LogP contribution in [-0.4, -0.2) is 36.6 Å². The van der Waals surface area contributed by atoms with Crippen molar-refractivity contribution in [1.82, 2.24) is 4.90 Å². The van der Waals surface area contributed by atoms with Crippen molar-refractivity contribution < 1.29 is 0 Å². The minimum Gasteiger partial charge on any atom is -0.397 e. The number of nitrogen functional groups attached to an aromatic ring is 1. The fraction of sp³-hybridized carbons (Fsp3) is 0.571. The van der Waals surface area contributed by atoms with E-state index in [2.05, 4.69) is 42.7 Å². The highest BCUT2D eigenvalue weighted by atomic mass is 15.3. The molecule has 1 unspecified atom stereocenters. The molecule has 1 aliphatic rings. The van der Waals surface area contributed by atoms with Crippen LogP contribution >= 0.6 is 0 Å². The molecule has 0 bridgehead atoms. The van der Waals surface area contributed by atoms with E-state index in [1.54, 1.807) is 0 Å². The zero-order valence-electron chi connectivity index (χ0n) is 11.1. The lowest BCUT2D eigenvalue weighted by Gasteiger charge is -2.43. The summed E-state index contributed by atoms with van der Waals surface area (Å²) in [6.07, 6.45) is 0. The van der Waals surface area contributed by atoms with Crippen LogP contribution in [-0.2, 0) is 0 Å². The van der Waals surface area contributed by atoms with E-state index in [0.29, 0.717) is 12.1 Å². The Morgan fingerprint density at radius 3 is 2.53 bits per heavy atom. The van der Waals surface area contributed by atoms with E-state index >= 15 is 0 Å². The molecule has 1 aliphatic heterocycles. The van der Waals surface area contributed by atoms with Crippen LogP contribution in [0, 0.1) is 0 Å². The Morgan fingerprint density at radius 2 is 1.94 bits per heavy atom. The molecule has 1 atom stereocenters. The lowest BCUT2D eigenvalue weighted by Crippen LogP contribution is -2.54. The van der Waals surface area contributed by atoms with Gasteiger partial charge in [0.15, 0.2) is 0 Å². The van der Waals surface area contributed by atoms with Crippen molar-refractivity contribution in [3.63, 3.8) is 0 Å². The second kappa shape index (κ2) is 4.96. The van der Waals surface area contributed by atoms with Crippen molar-refractivity contribution in [3.05, 3.63) is 24.3 Å². The molecule has 0 aliphatic carbocycles. The minimum absolute atomic E-state index is 0.586. The maximum atomic E-state index is 6.04. The van der Waals surface area contributed by atoms with Crippen LogP contribution in [0.3, 0.4) is 0 Å². The number of piperazine rings is 1. The molecule has 1 aromatic carbocycles. The quantitative estimate of drug-likeness (QED) is 0.795. The van der Waals surface area contributed by atoms with Crippen LogP contribution in [0.15, 0.2) is 24.3 Å². The van der Waals surface area contributed by atoms with Gasteiger partial charge in [0.2, 0.25) is 0 Å². The minimum atomic E-state index is 0.586. The number of anilines is 2. The zero-order valence-corrected chi connectivity index (χ0v) is 11.1. The lowest BCUT2D eigenvalue weighted by atomic mass is 10.1. The van der Waals surface area contributed by atoms with Crippen molar-refractivity contribution in [2.45, 2.75) is 32.9 Å². The van der Waals surface area contributed by atoms with Crippen molar-refractivity contribution in [2.24, 2.45) is 0 Å². The van der Waals surface area contributed by atoms with Gasteiger partial charge in [-0.25, -0.2) is 0 Å². The number of benzene rings is 1. The van der Waals surface area contributed by atoms with Crippen LogP contribution < -0.4 is 10.6 Å². The third-order valence-electron chi connectivity index (χ3n) is 3.62. The van der Waals surface area contributed by atoms with Gasteiger partial charge < -0.3 is 10.6 Å². The maximum Gasteiger partial charge on any atom is 0.0600 e. The average molecular weight is 233 g/mol. The molecule has 1 heterocycles. The molecule has 0 saturated carbocycles. The number of hydrogen-bond donors (Lipinski definition) is 1. The Hall–Kier alpha value is -1.22. The van der Waals surface area contributed by atoms with Crippen molar-refractivity contribution >= 4 is 11.4 Å². The van der Waals surface area contributed by atoms with Gasteiger partial charge in [-0.05, 0) is 32.9 Å². The first-order valence-corrected chi connectivity index (χ1v) is 6.45. The van der Waals surface area contributed by atoms with Gasteiger partial charge in [0, 0.05) is 31.7 Å². The summed E-state index contributed by atoms with van der Waals surface area (Å²) >= 11 is 0. The van der Waals surface area contributed by atoms with E-state index in [0.717, 1.165) is 25.3 Å². The Kier molecular flexibility index (Phi) is 3.57. The predicted octanol–water partition coefficient (Wildman–Crippen LogP) is 2.19. The van der Waals surface area contributed by atoms with Crippen molar-refractivity contribution in [1.29, 1.82) is 0 Å². The average Bonchev–Trinajstić information content (AvgIpc) is 2.29. The van der Waals surface area contributed by atoms with E-state index in [9.17, 15) is 0 Å². The lowest BCUT2D eigenvalue weighted by molar-refractivity contribution is 0.148. The summed E-state index contributed by atoms with van der Waals surface area (Å²) in [7, 11) is 0. The zero-order chi connectivity index (χ0) is 12.4.